The first kappa shape index (κ1) is 25.6. The van der Waals surface area contributed by atoms with Crippen LogP contribution in [0.4, 0.5) is 5.69 Å². The maximum absolute atomic E-state index is 13.8. The Morgan fingerprint density at radius 1 is 1.03 bits per heavy atom. The molecule has 0 radical (unpaired) electrons. The smallest absolute Gasteiger partial charge is 0.259 e. The van der Waals surface area contributed by atoms with Gasteiger partial charge in [0.25, 0.3) is 5.91 Å². The third-order valence-corrected chi connectivity index (χ3v) is 8.14. The summed E-state index contributed by atoms with van der Waals surface area (Å²) >= 11 is 12.3. The van der Waals surface area contributed by atoms with Crippen LogP contribution in [0.2, 0.25) is 10.0 Å². The van der Waals surface area contributed by atoms with Gasteiger partial charge in [-0.3, -0.25) is 19.3 Å². The van der Waals surface area contributed by atoms with Crippen molar-refractivity contribution in [3.8, 4) is 0 Å². The van der Waals surface area contributed by atoms with Gasteiger partial charge in [0.15, 0.2) is 0 Å². The van der Waals surface area contributed by atoms with Crippen molar-refractivity contribution in [2.24, 2.45) is 0 Å². The van der Waals surface area contributed by atoms with Gasteiger partial charge in [-0.05, 0) is 55.0 Å². The van der Waals surface area contributed by atoms with Crippen LogP contribution >= 0.6 is 23.2 Å². The predicted octanol–water partition coefficient (Wildman–Crippen LogP) is 5.97. The van der Waals surface area contributed by atoms with Gasteiger partial charge in [0.2, 0.25) is 11.8 Å². The summed E-state index contributed by atoms with van der Waals surface area (Å²) in [7, 11) is 0. The molecule has 3 amide bonds. The molecule has 0 spiro atoms. The summed E-state index contributed by atoms with van der Waals surface area (Å²) in [6.07, 6.45) is 5.26. The van der Waals surface area contributed by atoms with Crippen LogP contribution in [0.25, 0.3) is 10.8 Å². The molecule has 2 aliphatic rings. The highest BCUT2D eigenvalue weighted by Crippen LogP contribution is 2.37. The lowest BCUT2D eigenvalue weighted by Crippen LogP contribution is -2.52. The SMILES string of the molecule is CC(C(=O)NC1CCCCC1)N(Cc1ccc(Cl)c(Cl)c1)C(=O)CN1C(=O)c2cccc3cccc1c23. The standard InChI is InChI=1S/C29H29Cl2N3O3/c1-18(28(36)32-21-9-3-2-4-10-21)33(16-19-13-14-23(30)24(31)15-19)26(35)17-34-25-12-6-8-20-7-5-11-22(27(20)25)29(34)37/h5-8,11-15,18,21H,2-4,9-10,16-17H2,1H3,(H,32,36). The van der Waals surface area contributed by atoms with Crippen molar-refractivity contribution < 1.29 is 14.4 Å². The van der Waals surface area contributed by atoms with E-state index in [1.165, 1.54) is 16.2 Å². The van der Waals surface area contributed by atoms with E-state index >= 15 is 0 Å². The minimum Gasteiger partial charge on any atom is -0.352 e. The Morgan fingerprint density at radius 3 is 2.49 bits per heavy atom. The Bertz CT molecular complexity index is 1360. The van der Waals surface area contributed by atoms with Gasteiger partial charge >= 0.3 is 0 Å². The molecule has 1 heterocycles. The van der Waals surface area contributed by atoms with E-state index in [0.29, 0.717) is 21.3 Å². The second kappa shape index (κ2) is 10.7. The zero-order valence-corrected chi connectivity index (χ0v) is 22.2. The number of carbonyl (C=O) groups excluding carboxylic acids is 3. The Kier molecular flexibility index (Phi) is 7.40. The number of anilines is 1. The topological polar surface area (TPSA) is 69.7 Å². The molecule has 6 nitrogen and oxygen atoms in total. The molecule has 0 saturated heterocycles. The first-order valence-electron chi connectivity index (χ1n) is 12.7. The monoisotopic (exact) mass is 537 g/mol. The van der Waals surface area contributed by atoms with Crippen molar-refractivity contribution in [2.45, 2.75) is 57.7 Å². The number of carbonyl (C=O) groups is 3. The molecule has 3 aromatic carbocycles. The number of amides is 3. The second-order valence-corrected chi connectivity index (χ2v) is 10.7. The molecule has 5 rings (SSSR count). The first-order chi connectivity index (χ1) is 17.8. The fourth-order valence-corrected chi connectivity index (χ4v) is 5.67. The van der Waals surface area contributed by atoms with Crippen LogP contribution in [0.15, 0.2) is 54.6 Å². The van der Waals surface area contributed by atoms with Crippen LogP contribution in [0.3, 0.4) is 0 Å². The number of nitrogens with one attached hydrogen (secondary N) is 1. The van der Waals surface area contributed by atoms with Crippen LogP contribution in [0, 0.1) is 0 Å². The van der Waals surface area contributed by atoms with Gasteiger partial charge in [0, 0.05) is 23.5 Å². The summed E-state index contributed by atoms with van der Waals surface area (Å²) < 4.78 is 0. The minimum atomic E-state index is -0.736. The van der Waals surface area contributed by atoms with Crippen LogP contribution in [0.5, 0.6) is 0 Å². The van der Waals surface area contributed by atoms with Crippen molar-refractivity contribution >= 4 is 57.4 Å². The Morgan fingerprint density at radius 2 is 1.76 bits per heavy atom. The number of benzene rings is 3. The van der Waals surface area contributed by atoms with E-state index in [2.05, 4.69) is 5.32 Å². The maximum Gasteiger partial charge on any atom is 0.259 e. The summed E-state index contributed by atoms with van der Waals surface area (Å²) in [6, 6.07) is 15.8. The third-order valence-electron chi connectivity index (χ3n) is 7.40. The molecule has 1 fully saturated rings. The van der Waals surface area contributed by atoms with Crippen LogP contribution in [-0.4, -0.2) is 41.2 Å². The normalized spacial score (nSPS) is 16.2. The van der Waals surface area contributed by atoms with Gasteiger partial charge in [-0.25, -0.2) is 0 Å². The molecule has 3 aromatic rings. The highest BCUT2D eigenvalue weighted by molar-refractivity contribution is 6.42. The molecule has 1 saturated carbocycles. The van der Waals surface area contributed by atoms with Gasteiger partial charge in [0.05, 0.1) is 15.7 Å². The Balaban J connectivity index is 1.40. The summed E-state index contributed by atoms with van der Waals surface area (Å²) in [5.74, 6) is -0.733. The van der Waals surface area contributed by atoms with Gasteiger partial charge in [-0.15, -0.1) is 0 Å². The molecular formula is C29H29Cl2N3O3. The maximum atomic E-state index is 13.8. The summed E-state index contributed by atoms with van der Waals surface area (Å²) in [5, 5.41) is 5.73. The largest absolute Gasteiger partial charge is 0.352 e. The molecule has 37 heavy (non-hydrogen) atoms. The van der Waals surface area contributed by atoms with Gasteiger partial charge in [-0.1, -0.05) is 72.8 Å². The summed E-state index contributed by atoms with van der Waals surface area (Å²) in [6.45, 7) is 1.72. The Hall–Kier alpha value is -3.09. The number of rotatable bonds is 7. The molecule has 1 unspecified atom stereocenters. The third kappa shape index (κ3) is 5.18. The van der Waals surface area contributed by atoms with Crippen LogP contribution < -0.4 is 10.2 Å². The van der Waals surface area contributed by atoms with E-state index in [9.17, 15) is 14.4 Å². The molecule has 1 aliphatic heterocycles. The van der Waals surface area contributed by atoms with E-state index in [4.69, 9.17) is 23.2 Å². The van der Waals surface area contributed by atoms with E-state index in [1.807, 2.05) is 30.3 Å². The average molecular weight is 538 g/mol. The second-order valence-electron chi connectivity index (χ2n) is 9.86. The summed E-state index contributed by atoms with van der Waals surface area (Å²) in [4.78, 5) is 43.4. The van der Waals surface area contributed by atoms with Crippen molar-refractivity contribution in [1.82, 2.24) is 10.2 Å². The average Bonchev–Trinajstić information content (AvgIpc) is 3.17. The first-order valence-corrected chi connectivity index (χ1v) is 13.5. The number of halogens is 2. The van der Waals surface area contributed by atoms with E-state index < -0.39 is 6.04 Å². The van der Waals surface area contributed by atoms with Crippen LogP contribution in [0.1, 0.15) is 54.9 Å². The van der Waals surface area contributed by atoms with Crippen molar-refractivity contribution in [3.05, 3.63) is 75.8 Å². The molecule has 8 heteroatoms. The van der Waals surface area contributed by atoms with Gasteiger partial charge in [-0.2, -0.15) is 0 Å². The predicted molar refractivity (Wildman–Crippen MR) is 147 cm³/mol. The number of hydrogen-bond acceptors (Lipinski definition) is 3. The van der Waals surface area contributed by atoms with Gasteiger partial charge in [0.1, 0.15) is 12.6 Å². The quantitative estimate of drug-likeness (QED) is 0.403. The molecule has 1 N–H and O–H groups in total. The molecule has 1 atom stereocenters. The lowest BCUT2D eigenvalue weighted by molar-refractivity contribution is -0.139. The molecule has 0 aromatic heterocycles. The highest BCUT2D eigenvalue weighted by atomic mass is 35.5. The molecule has 1 aliphatic carbocycles. The Labute approximate surface area is 226 Å². The number of hydrogen-bond donors (Lipinski definition) is 1. The molecular weight excluding hydrogens is 509 g/mol. The lowest BCUT2D eigenvalue weighted by atomic mass is 9.95. The van der Waals surface area contributed by atoms with Crippen LogP contribution in [-0.2, 0) is 16.1 Å². The van der Waals surface area contributed by atoms with E-state index in [0.717, 1.165) is 42.0 Å². The van der Waals surface area contributed by atoms with E-state index in [1.54, 1.807) is 31.2 Å². The van der Waals surface area contributed by atoms with Gasteiger partial charge < -0.3 is 10.2 Å². The fraction of sp³-hybridized carbons (Fsp3) is 0.345. The van der Waals surface area contributed by atoms with Crippen molar-refractivity contribution in [1.29, 1.82) is 0 Å². The highest BCUT2D eigenvalue weighted by Gasteiger charge is 2.34. The minimum absolute atomic E-state index is 0.123. The molecule has 192 valence electrons. The zero-order valence-electron chi connectivity index (χ0n) is 20.7. The fourth-order valence-electron chi connectivity index (χ4n) is 5.35. The van der Waals surface area contributed by atoms with Crippen molar-refractivity contribution in [3.63, 3.8) is 0 Å². The van der Waals surface area contributed by atoms with Crippen molar-refractivity contribution in [2.75, 3.05) is 11.4 Å². The zero-order chi connectivity index (χ0) is 26.1. The lowest BCUT2D eigenvalue weighted by Gasteiger charge is -2.32. The molecule has 0 bridgehead atoms. The van der Waals surface area contributed by atoms with E-state index in [-0.39, 0.29) is 36.9 Å². The summed E-state index contributed by atoms with van der Waals surface area (Å²) in [5.41, 5.74) is 2.04. The number of nitrogens with zero attached hydrogens (tertiary/aromatic N) is 2.